The quantitative estimate of drug-likeness (QED) is 0.436. The van der Waals surface area contributed by atoms with Gasteiger partial charge in [-0.05, 0) is 57.7 Å². The van der Waals surface area contributed by atoms with Crippen molar-refractivity contribution in [2.45, 2.75) is 53.4 Å². The normalized spacial score (nSPS) is 12.9. The molecule has 0 bridgehead atoms. The summed E-state index contributed by atoms with van der Waals surface area (Å²) >= 11 is 0. The van der Waals surface area contributed by atoms with Gasteiger partial charge in [0.25, 0.3) is 0 Å². The third-order valence-electron chi connectivity index (χ3n) is 3.47. The van der Waals surface area contributed by atoms with Crippen molar-refractivity contribution >= 4 is 0 Å². The first-order valence-electron chi connectivity index (χ1n) is 7.29. The summed E-state index contributed by atoms with van der Waals surface area (Å²) in [6, 6.07) is 4.34. The van der Waals surface area contributed by atoms with Gasteiger partial charge >= 0.3 is 0 Å². The molecule has 1 aromatic rings. The smallest absolute Gasteiger partial charge is 0.174 e. The lowest BCUT2D eigenvalue weighted by Crippen LogP contribution is -2.48. The Morgan fingerprint density at radius 3 is 1.95 bits per heavy atom. The van der Waals surface area contributed by atoms with Crippen molar-refractivity contribution in [3.05, 3.63) is 34.4 Å². The number of aryl methyl sites for hydroxylation is 3. The van der Waals surface area contributed by atoms with Gasteiger partial charge in [0.1, 0.15) is 0 Å². The molecule has 114 valence electrons. The van der Waals surface area contributed by atoms with E-state index >= 15 is 0 Å². The van der Waals surface area contributed by atoms with Gasteiger partial charge in [-0.2, -0.15) is 0 Å². The Hall–Kier alpha value is -0.940. The molecule has 0 aliphatic rings. The summed E-state index contributed by atoms with van der Waals surface area (Å²) in [4.78, 5) is 0. The lowest BCUT2D eigenvalue weighted by Gasteiger charge is -2.27. The summed E-state index contributed by atoms with van der Waals surface area (Å²) in [6.45, 7) is 11.5. The fraction of sp³-hybridized carbons (Fsp3) is 0.625. The van der Waals surface area contributed by atoms with Crippen molar-refractivity contribution in [3.8, 4) is 0 Å². The molecular formula is C16H28N2O2. The van der Waals surface area contributed by atoms with Crippen molar-refractivity contribution in [1.29, 1.82) is 0 Å². The fourth-order valence-electron chi connectivity index (χ4n) is 2.59. The van der Waals surface area contributed by atoms with E-state index in [9.17, 15) is 0 Å². The molecule has 0 aromatic heterocycles. The molecule has 20 heavy (non-hydrogen) atoms. The summed E-state index contributed by atoms with van der Waals surface area (Å²) in [6.07, 6.45) is 0.467. The molecule has 3 N–H and O–H groups in total. The minimum atomic E-state index is -0.324. The third kappa shape index (κ3) is 4.56. The summed E-state index contributed by atoms with van der Waals surface area (Å²) in [7, 11) is 0. The first kappa shape index (κ1) is 17.1. The summed E-state index contributed by atoms with van der Waals surface area (Å²) in [5.41, 5.74) is 8.01. The molecule has 1 aromatic carbocycles. The Morgan fingerprint density at radius 2 is 1.55 bits per heavy atom. The molecule has 1 rings (SSSR count). The van der Waals surface area contributed by atoms with Crippen molar-refractivity contribution in [3.63, 3.8) is 0 Å². The van der Waals surface area contributed by atoms with Gasteiger partial charge in [0.2, 0.25) is 0 Å². The monoisotopic (exact) mass is 280 g/mol. The van der Waals surface area contributed by atoms with Crippen LogP contribution in [0.5, 0.6) is 0 Å². The minimum Gasteiger partial charge on any atom is -0.351 e. The number of hydrogen-bond acceptors (Lipinski definition) is 4. The van der Waals surface area contributed by atoms with Crippen LogP contribution in [0.3, 0.4) is 0 Å². The average molecular weight is 280 g/mol. The topological polar surface area (TPSA) is 56.5 Å². The first-order chi connectivity index (χ1) is 9.53. The molecule has 0 heterocycles. The number of rotatable bonds is 8. The molecule has 4 heteroatoms. The largest absolute Gasteiger partial charge is 0.351 e. The van der Waals surface area contributed by atoms with Crippen LogP contribution in [0.25, 0.3) is 0 Å². The highest BCUT2D eigenvalue weighted by Crippen LogP contribution is 2.19. The Labute approximate surface area is 122 Å². The van der Waals surface area contributed by atoms with Crippen LogP contribution in [0.4, 0.5) is 0 Å². The van der Waals surface area contributed by atoms with Gasteiger partial charge in [0.05, 0.1) is 6.04 Å². The second-order valence-electron chi connectivity index (χ2n) is 5.13. The van der Waals surface area contributed by atoms with Gasteiger partial charge in [-0.15, -0.1) is 0 Å². The van der Waals surface area contributed by atoms with E-state index in [4.69, 9.17) is 15.3 Å². The minimum absolute atomic E-state index is 0.0602. The van der Waals surface area contributed by atoms with Gasteiger partial charge < -0.3 is 9.47 Å². The number of nitrogens with two attached hydrogens (primary N) is 1. The molecule has 0 amide bonds. The molecule has 1 atom stereocenters. The molecule has 0 aliphatic heterocycles. The summed E-state index contributed by atoms with van der Waals surface area (Å²) < 4.78 is 11.3. The van der Waals surface area contributed by atoms with E-state index in [2.05, 4.69) is 38.3 Å². The van der Waals surface area contributed by atoms with Crippen LogP contribution >= 0.6 is 0 Å². The van der Waals surface area contributed by atoms with Crippen molar-refractivity contribution in [2.24, 2.45) is 5.84 Å². The van der Waals surface area contributed by atoms with E-state index in [-0.39, 0.29) is 12.3 Å². The first-order valence-corrected chi connectivity index (χ1v) is 7.29. The maximum atomic E-state index is 5.70. The van der Waals surface area contributed by atoms with Gasteiger partial charge in [-0.3, -0.25) is 11.3 Å². The third-order valence-corrected chi connectivity index (χ3v) is 3.47. The fourth-order valence-corrected chi connectivity index (χ4v) is 2.59. The Morgan fingerprint density at radius 1 is 1.05 bits per heavy atom. The molecule has 0 radical (unpaired) electrons. The van der Waals surface area contributed by atoms with Gasteiger partial charge in [0, 0.05) is 13.2 Å². The maximum Gasteiger partial charge on any atom is 0.174 e. The second kappa shape index (κ2) is 8.37. The van der Waals surface area contributed by atoms with Crippen LogP contribution in [0.2, 0.25) is 0 Å². The zero-order valence-corrected chi connectivity index (χ0v) is 13.3. The highest BCUT2D eigenvalue weighted by molar-refractivity contribution is 5.38. The lowest BCUT2D eigenvalue weighted by molar-refractivity contribution is -0.153. The Bertz CT molecular complexity index is 392. The van der Waals surface area contributed by atoms with Crippen molar-refractivity contribution in [1.82, 2.24) is 5.43 Å². The number of hydrogen-bond donors (Lipinski definition) is 2. The average Bonchev–Trinajstić information content (AvgIpc) is 2.38. The van der Waals surface area contributed by atoms with E-state index < -0.39 is 0 Å². The van der Waals surface area contributed by atoms with Crippen LogP contribution in [0.15, 0.2) is 12.1 Å². The van der Waals surface area contributed by atoms with E-state index in [1.165, 1.54) is 22.3 Å². The van der Waals surface area contributed by atoms with Crippen molar-refractivity contribution < 1.29 is 9.47 Å². The van der Waals surface area contributed by atoms with Crippen LogP contribution in [0.1, 0.15) is 36.1 Å². The summed E-state index contributed by atoms with van der Waals surface area (Å²) in [5.74, 6) is 5.70. The lowest BCUT2D eigenvalue weighted by atomic mass is 9.94. The molecule has 4 nitrogen and oxygen atoms in total. The predicted octanol–water partition coefficient (Wildman–Crippen LogP) is 2.39. The Balaban J connectivity index is 2.92. The molecule has 0 aliphatic carbocycles. The van der Waals surface area contributed by atoms with E-state index in [1.807, 2.05) is 13.8 Å². The van der Waals surface area contributed by atoms with E-state index in [0.29, 0.717) is 13.2 Å². The van der Waals surface area contributed by atoms with Crippen LogP contribution in [-0.2, 0) is 15.9 Å². The number of nitrogens with one attached hydrogen (secondary N) is 1. The van der Waals surface area contributed by atoms with Gasteiger partial charge in [0.15, 0.2) is 6.29 Å². The maximum absolute atomic E-state index is 5.70. The van der Waals surface area contributed by atoms with Gasteiger partial charge in [-0.25, -0.2) is 0 Å². The number of benzene rings is 1. The van der Waals surface area contributed by atoms with Gasteiger partial charge in [-0.1, -0.05) is 17.7 Å². The van der Waals surface area contributed by atoms with E-state index in [0.717, 1.165) is 6.42 Å². The molecule has 0 spiro atoms. The Kier molecular flexibility index (Phi) is 7.16. The van der Waals surface area contributed by atoms with Crippen molar-refractivity contribution in [2.75, 3.05) is 13.2 Å². The van der Waals surface area contributed by atoms with Crippen LogP contribution in [0, 0.1) is 20.8 Å². The molecule has 0 fully saturated rings. The predicted molar refractivity (Wildman–Crippen MR) is 82.5 cm³/mol. The SMILES string of the molecule is CCOC(OCC)C(Cc1c(C)cc(C)cc1C)NN. The highest BCUT2D eigenvalue weighted by atomic mass is 16.7. The zero-order chi connectivity index (χ0) is 15.1. The second-order valence-corrected chi connectivity index (χ2v) is 5.13. The molecule has 0 saturated carbocycles. The standard InChI is InChI=1S/C16H28N2O2/c1-6-19-16(20-7-2)15(18-17)10-14-12(4)8-11(3)9-13(14)5/h8-9,15-16,18H,6-7,10,17H2,1-5H3. The van der Waals surface area contributed by atoms with Crippen LogP contribution in [-0.4, -0.2) is 25.5 Å². The van der Waals surface area contributed by atoms with Crippen LogP contribution < -0.4 is 11.3 Å². The number of hydrazine groups is 1. The highest BCUT2D eigenvalue weighted by Gasteiger charge is 2.23. The zero-order valence-electron chi connectivity index (χ0n) is 13.3. The molecular weight excluding hydrogens is 252 g/mol. The summed E-state index contributed by atoms with van der Waals surface area (Å²) in [5, 5.41) is 0. The van der Waals surface area contributed by atoms with E-state index in [1.54, 1.807) is 0 Å². The molecule has 1 unspecified atom stereocenters. The molecule has 0 saturated heterocycles. The number of ether oxygens (including phenoxy) is 2.